The molecule has 120 valence electrons. The first kappa shape index (κ1) is 14.3. The number of anilines is 1. The summed E-state index contributed by atoms with van der Waals surface area (Å²) in [7, 11) is -3.81. The summed E-state index contributed by atoms with van der Waals surface area (Å²) < 4.78 is 29.5. The van der Waals surface area contributed by atoms with Crippen LogP contribution in [0.5, 0.6) is 0 Å². The number of tetrazole rings is 1. The van der Waals surface area contributed by atoms with Gasteiger partial charge in [0.1, 0.15) is 16.9 Å². The van der Waals surface area contributed by atoms with Gasteiger partial charge in [-0.3, -0.25) is 4.72 Å². The average molecular weight is 341 g/mol. The molecule has 1 aromatic carbocycles. The largest absolute Gasteiger partial charge is 0.345 e. The van der Waals surface area contributed by atoms with Crippen molar-refractivity contribution in [1.29, 1.82) is 0 Å². The summed E-state index contributed by atoms with van der Waals surface area (Å²) in [5, 5.41) is 11.5. The van der Waals surface area contributed by atoms with Gasteiger partial charge in [-0.1, -0.05) is 12.1 Å². The van der Waals surface area contributed by atoms with Crippen molar-refractivity contribution in [1.82, 2.24) is 30.2 Å². The Balaban J connectivity index is 1.78. The zero-order chi connectivity index (χ0) is 16.6. The van der Waals surface area contributed by atoms with Crippen LogP contribution in [0, 0.1) is 0 Å². The summed E-state index contributed by atoms with van der Waals surface area (Å²) >= 11 is 0. The predicted octanol–water partition coefficient (Wildman–Crippen LogP) is 1.34. The number of pyridine rings is 1. The topological polar surface area (TPSA) is 118 Å². The first-order valence-corrected chi connectivity index (χ1v) is 8.41. The second-order valence-electron chi connectivity index (χ2n) is 4.93. The Morgan fingerprint density at radius 2 is 2.00 bits per heavy atom. The van der Waals surface area contributed by atoms with Crippen LogP contribution in [0.2, 0.25) is 0 Å². The lowest BCUT2D eigenvalue weighted by molar-refractivity contribution is 0.602. The van der Waals surface area contributed by atoms with Gasteiger partial charge in [0, 0.05) is 17.8 Å². The fraction of sp³-hybridized carbons (Fsp3) is 0. The number of para-hydroxylation sites is 2. The highest BCUT2D eigenvalue weighted by Crippen LogP contribution is 2.26. The molecule has 10 heteroatoms. The van der Waals surface area contributed by atoms with Crippen LogP contribution in [0.4, 0.5) is 5.69 Å². The van der Waals surface area contributed by atoms with E-state index in [9.17, 15) is 8.42 Å². The van der Waals surface area contributed by atoms with E-state index in [0.29, 0.717) is 22.4 Å². The van der Waals surface area contributed by atoms with Gasteiger partial charge in [-0.2, -0.15) is 4.68 Å². The molecule has 0 spiro atoms. The highest BCUT2D eigenvalue weighted by Gasteiger charge is 2.21. The van der Waals surface area contributed by atoms with Crippen LogP contribution in [-0.2, 0) is 10.0 Å². The molecule has 0 saturated carbocycles. The van der Waals surface area contributed by atoms with Crippen molar-refractivity contribution >= 4 is 26.7 Å². The molecular formula is C14H11N7O2S. The maximum atomic E-state index is 12.8. The van der Waals surface area contributed by atoms with E-state index < -0.39 is 10.0 Å². The van der Waals surface area contributed by atoms with Crippen LogP contribution in [0.1, 0.15) is 0 Å². The van der Waals surface area contributed by atoms with Gasteiger partial charge in [-0.05, 0) is 34.7 Å². The standard InChI is InChI=1S/C14H11N7O2S/c22-24(23,13-8-16-14-10(13)4-3-7-15-14)18-11-5-1-2-6-12(11)21-9-17-19-20-21/h1-9,18H,(H,15,16). The Hall–Kier alpha value is -3.27. The van der Waals surface area contributed by atoms with E-state index in [0.717, 1.165) is 0 Å². The van der Waals surface area contributed by atoms with Gasteiger partial charge in [0.25, 0.3) is 10.0 Å². The molecule has 0 unspecified atom stereocenters. The summed E-state index contributed by atoms with van der Waals surface area (Å²) in [5.41, 5.74) is 1.39. The first-order valence-electron chi connectivity index (χ1n) is 6.92. The van der Waals surface area contributed by atoms with E-state index in [1.165, 1.54) is 17.2 Å². The Labute approximate surface area is 136 Å². The first-order chi connectivity index (χ1) is 11.6. The molecule has 9 nitrogen and oxygen atoms in total. The lowest BCUT2D eigenvalue weighted by Crippen LogP contribution is -2.14. The molecule has 0 aliphatic carbocycles. The third-order valence-corrected chi connectivity index (χ3v) is 4.85. The summed E-state index contributed by atoms with van der Waals surface area (Å²) in [6, 6.07) is 10.2. The normalized spacial score (nSPS) is 11.7. The van der Waals surface area contributed by atoms with Gasteiger partial charge in [0.15, 0.2) is 0 Å². The molecule has 0 atom stereocenters. The number of rotatable bonds is 4. The monoisotopic (exact) mass is 341 g/mol. The highest BCUT2D eigenvalue weighted by molar-refractivity contribution is 7.93. The Kier molecular flexibility index (Phi) is 3.24. The number of benzene rings is 1. The van der Waals surface area contributed by atoms with Crippen molar-refractivity contribution in [2.45, 2.75) is 4.90 Å². The van der Waals surface area contributed by atoms with Crippen molar-refractivity contribution < 1.29 is 8.42 Å². The molecule has 0 fully saturated rings. The molecule has 3 heterocycles. The van der Waals surface area contributed by atoms with Gasteiger partial charge >= 0.3 is 0 Å². The number of nitrogens with zero attached hydrogens (tertiary/aromatic N) is 5. The lowest BCUT2D eigenvalue weighted by Gasteiger charge is -2.11. The zero-order valence-electron chi connectivity index (χ0n) is 12.2. The minimum atomic E-state index is -3.81. The van der Waals surface area contributed by atoms with Crippen molar-refractivity contribution in [2.75, 3.05) is 4.72 Å². The van der Waals surface area contributed by atoms with Crippen LogP contribution >= 0.6 is 0 Å². The summed E-state index contributed by atoms with van der Waals surface area (Å²) in [5.74, 6) is 0. The minimum Gasteiger partial charge on any atom is -0.345 e. The fourth-order valence-electron chi connectivity index (χ4n) is 2.38. The van der Waals surface area contributed by atoms with Gasteiger partial charge < -0.3 is 4.98 Å². The number of aromatic nitrogens is 6. The molecule has 4 aromatic rings. The summed E-state index contributed by atoms with van der Waals surface area (Å²) in [6.45, 7) is 0. The summed E-state index contributed by atoms with van der Waals surface area (Å²) in [6.07, 6.45) is 4.40. The van der Waals surface area contributed by atoms with Crippen molar-refractivity contribution in [3.63, 3.8) is 0 Å². The molecule has 3 aromatic heterocycles. The van der Waals surface area contributed by atoms with Crippen LogP contribution in [0.15, 0.2) is 60.0 Å². The maximum absolute atomic E-state index is 12.8. The third kappa shape index (κ3) is 2.38. The van der Waals surface area contributed by atoms with E-state index in [2.05, 4.69) is 30.2 Å². The molecule has 0 aliphatic heterocycles. The maximum Gasteiger partial charge on any atom is 0.264 e. The summed E-state index contributed by atoms with van der Waals surface area (Å²) in [4.78, 5) is 7.08. The van der Waals surface area contributed by atoms with E-state index in [1.807, 2.05) is 0 Å². The number of nitrogens with one attached hydrogen (secondary N) is 2. The van der Waals surface area contributed by atoms with Gasteiger partial charge in [0.2, 0.25) is 0 Å². The van der Waals surface area contributed by atoms with E-state index in [1.54, 1.807) is 42.6 Å². The molecule has 0 amide bonds. The van der Waals surface area contributed by atoms with Crippen molar-refractivity contribution in [3.05, 3.63) is 55.1 Å². The number of sulfonamides is 1. The van der Waals surface area contributed by atoms with Crippen molar-refractivity contribution in [2.24, 2.45) is 0 Å². The number of aromatic amines is 1. The number of fused-ring (bicyclic) bond motifs is 1. The van der Waals surface area contributed by atoms with Crippen LogP contribution in [0.25, 0.3) is 16.7 Å². The fourth-order valence-corrected chi connectivity index (χ4v) is 3.62. The number of H-pyrrole nitrogens is 1. The zero-order valence-corrected chi connectivity index (χ0v) is 13.0. The quantitative estimate of drug-likeness (QED) is 0.578. The Bertz CT molecular complexity index is 1100. The molecule has 24 heavy (non-hydrogen) atoms. The molecular weight excluding hydrogens is 330 g/mol. The second-order valence-corrected chi connectivity index (χ2v) is 6.58. The molecule has 0 saturated heterocycles. The van der Waals surface area contributed by atoms with E-state index in [4.69, 9.17) is 0 Å². The van der Waals surface area contributed by atoms with Gasteiger partial charge in [-0.15, -0.1) is 5.10 Å². The number of hydrogen-bond donors (Lipinski definition) is 2. The van der Waals surface area contributed by atoms with Crippen LogP contribution < -0.4 is 4.72 Å². The Morgan fingerprint density at radius 1 is 1.12 bits per heavy atom. The molecule has 4 rings (SSSR count). The van der Waals surface area contributed by atoms with Gasteiger partial charge in [0.05, 0.1) is 11.4 Å². The van der Waals surface area contributed by atoms with E-state index in [-0.39, 0.29) is 4.90 Å². The third-order valence-electron chi connectivity index (χ3n) is 3.45. The lowest BCUT2D eigenvalue weighted by atomic mass is 10.3. The van der Waals surface area contributed by atoms with Gasteiger partial charge in [-0.25, -0.2) is 13.4 Å². The van der Waals surface area contributed by atoms with Crippen molar-refractivity contribution in [3.8, 4) is 5.69 Å². The van der Waals surface area contributed by atoms with Crippen LogP contribution in [0.3, 0.4) is 0 Å². The van der Waals surface area contributed by atoms with E-state index >= 15 is 0 Å². The SMILES string of the molecule is O=S(=O)(Nc1ccccc1-n1cnnn1)c1c[nH]c2ncccc12. The molecule has 0 aliphatic rings. The Morgan fingerprint density at radius 3 is 2.83 bits per heavy atom. The highest BCUT2D eigenvalue weighted by atomic mass is 32.2. The molecule has 0 bridgehead atoms. The minimum absolute atomic E-state index is 0.122. The average Bonchev–Trinajstić information content (AvgIpc) is 3.25. The molecule has 2 N–H and O–H groups in total. The molecule has 0 radical (unpaired) electrons. The predicted molar refractivity (Wildman–Crippen MR) is 86.1 cm³/mol. The number of hydrogen-bond acceptors (Lipinski definition) is 6. The second kappa shape index (κ2) is 5.42. The van der Waals surface area contributed by atoms with Crippen LogP contribution in [-0.4, -0.2) is 38.6 Å². The smallest absolute Gasteiger partial charge is 0.264 e.